The Kier molecular flexibility index (Phi) is 3.94. The lowest BCUT2D eigenvalue weighted by Crippen LogP contribution is -2.27. The molecule has 2 nitrogen and oxygen atoms in total. The van der Waals surface area contributed by atoms with Crippen molar-refractivity contribution in [1.82, 2.24) is 5.32 Å². The molecule has 1 aliphatic carbocycles. The highest BCUT2D eigenvalue weighted by molar-refractivity contribution is 9.10. The van der Waals surface area contributed by atoms with Gasteiger partial charge < -0.3 is 9.73 Å². The van der Waals surface area contributed by atoms with Crippen molar-refractivity contribution in [3.05, 3.63) is 57.7 Å². The van der Waals surface area contributed by atoms with Crippen LogP contribution in [-0.4, -0.2) is 0 Å². The fraction of sp³-hybridized carbons (Fsp3) is 0.375. The molecule has 0 aliphatic heterocycles. The molecule has 4 heteroatoms. The lowest BCUT2D eigenvalue weighted by molar-refractivity contribution is 0.381. The van der Waals surface area contributed by atoms with Crippen molar-refractivity contribution < 1.29 is 8.81 Å². The van der Waals surface area contributed by atoms with Gasteiger partial charge in [0.05, 0.1) is 6.26 Å². The Labute approximate surface area is 126 Å². The van der Waals surface area contributed by atoms with Crippen LogP contribution in [0.1, 0.15) is 48.7 Å². The van der Waals surface area contributed by atoms with E-state index in [1.807, 2.05) is 25.1 Å². The van der Waals surface area contributed by atoms with E-state index >= 15 is 0 Å². The molecule has 0 bridgehead atoms. The Morgan fingerprint density at radius 2 is 2.25 bits per heavy atom. The predicted molar refractivity (Wildman–Crippen MR) is 80.0 cm³/mol. The molecule has 20 heavy (non-hydrogen) atoms. The normalized spacial score (nSPS) is 19.6. The Morgan fingerprint density at radius 1 is 1.40 bits per heavy atom. The predicted octanol–water partition coefficient (Wildman–Crippen LogP) is 4.91. The number of halogens is 2. The molecule has 1 aliphatic rings. The van der Waals surface area contributed by atoms with Gasteiger partial charge in [-0.25, -0.2) is 4.39 Å². The standard InChI is InChI=1S/C16H17BrFNO/c1-10(12-6-5-11(17)9-14(12)18)19-15-3-2-4-16-13(15)7-8-20-16/h5-10,15,19H,2-4H2,1H3. The first kappa shape index (κ1) is 13.8. The van der Waals surface area contributed by atoms with Crippen LogP contribution in [0.4, 0.5) is 4.39 Å². The first-order chi connectivity index (χ1) is 9.65. The molecule has 2 aromatic rings. The molecule has 1 N–H and O–H groups in total. The number of nitrogens with one attached hydrogen (secondary N) is 1. The maximum Gasteiger partial charge on any atom is 0.129 e. The first-order valence-electron chi connectivity index (χ1n) is 6.92. The second-order valence-corrected chi connectivity index (χ2v) is 6.21. The van der Waals surface area contributed by atoms with Crippen molar-refractivity contribution in [2.45, 2.75) is 38.3 Å². The smallest absolute Gasteiger partial charge is 0.129 e. The molecule has 0 spiro atoms. The van der Waals surface area contributed by atoms with Gasteiger partial charge in [-0.15, -0.1) is 0 Å². The molecule has 1 heterocycles. The highest BCUT2D eigenvalue weighted by Crippen LogP contribution is 2.33. The monoisotopic (exact) mass is 337 g/mol. The van der Waals surface area contributed by atoms with Crippen molar-refractivity contribution in [2.75, 3.05) is 0 Å². The fourth-order valence-corrected chi connectivity index (χ4v) is 3.24. The zero-order valence-corrected chi connectivity index (χ0v) is 12.9. The SMILES string of the molecule is CC(NC1CCCc2occc21)c1ccc(Br)cc1F. The van der Waals surface area contributed by atoms with Gasteiger partial charge in [-0.3, -0.25) is 0 Å². The van der Waals surface area contributed by atoms with Crippen molar-refractivity contribution in [2.24, 2.45) is 0 Å². The molecule has 3 rings (SSSR count). The largest absolute Gasteiger partial charge is 0.469 e. The third-order valence-corrected chi connectivity index (χ3v) is 4.43. The van der Waals surface area contributed by atoms with Crippen LogP contribution in [0.25, 0.3) is 0 Å². The molecule has 0 saturated heterocycles. The number of hydrogen-bond donors (Lipinski definition) is 1. The summed E-state index contributed by atoms with van der Waals surface area (Å²) in [6, 6.07) is 7.45. The highest BCUT2D eigenvalue weighted by atomic mass is 79.9. The van der Waals surface area contributed by atoms with Gasteiger partial charge >= 0.3 is 0 Å². The molecule has 2 unspecified atom stereocenters. The van der Waals surface area contributed by atoms with E-state index in [1.165, 1.54) is 11.6 Å². The number of hydrogen-bond acceptors (Lipinski definition) is 2. The number of furan rings is 1. The van der Waals surface area contributed by atoms with Crippen molar-refractivity contribution in [3.8, 4) is 0 Å². The third-order valence-electron chi connectivity index (χ3n) is 3.93. The van der Waals surface area contributed by atoms with E-state index in [1.54, 1.807) is 6.26 Å². The average molecular weight is 338 g/mol. The molecule has 0 radical (unpaired) electrons. The molecule has 106 valence electrons. The lowest BCUT2D eigenvalue weighted by Gasteiger charge is -2.27. The van der Waals surface area contributed by atoms with Crippen molar-refractivity contribution in [1.29, 1.82) is 0 Å². The average Bonchev–Trinajstić information content (AvgIpc) is 2.87. The summed E-state index contributed by atoms with van der Waals surface area (Å²) in [7, 11) is 0. The zero-order chi connectivity index (χ0) is 14.1. The number of benzene rings is 1. The van der Waals surface area contributed by atoms with E-state index in [0.29, 0.717) is 5.56 Å². The summed E-state index contributed by atoms with van der Waals surface area (Å²) in [6.07, 6.45) is 4.92. The van der Waals surface area contributed by atoms with Crippen LogP contribution in [-0.2, 0) is 6.42 Å². The zero-order valence-electron chi connectivity index (χ0n) is 11.3. The highest BCUT2D eigenvalue weighted by Gasteiger charge is 2.24. The minimum atomic E-state index is -0.178. The van der Waals surface area contributed by atoms with E-state index in [9.17, 15) is 4.39 Å². The fourth-order valence-electron chi connectivity index (χ4n) is 2.90. The van der Waals surface area contributed by atoms with Crippen molar-refractivity contribution in [3.63, 3.8) is 0 Å². The third kappa shape index (κ3) is 2.67. The van der Waals surface area contributed by atoms with Gasteiger partial charge in [-0.05, 0) is 38.0 Å². The van der Waals surface area contributed by atoms with Gasteiger partial charge in [0, 0.05) is 34.1 Å². The van der Waals surface area contributed by atoms with E-state index in [2.05, 4.69) is 21.2 Å². The summed E-state index contributed by atoms with van der Waals surface area (Å²) < 4.78 is 20.3. The summed E-state index contributed by atoms with van der Waals surface area (Å²) in [5, 5.41) is 3.52. The second-order valence-electron chi connectivity index (χ2n) is 5.30. The van der Waals surface area contributed by atoms with Gasteiger partial charge in [-0.2, -0.15) is 0 Å². The topological polar surface area (TPSA) is 25.2 Å². The summed E-state index contributed by atoms with van der Waals surface area (Å²) in [5.74, 6) is 0.889. The first-order valence-corrected chi connectivity index (χ1v) is 7.71. The van der Waals surface area contributed by atoms with Gasteiger partial charge in [-0.1, -0.05) is 22.0 Å². The summed E-state index contributed by atoms with van der Waals surface area (Å²) >= 11 is 3.29. The van der Waals surface area contributed by atoms with Crippen LogP contribution in [0.15, 0.2) is 39.4 Å². The van der Waals surface area contributed by atoms with Crippen LogP contribution in [0.2, 0.25) is 0 Å². The van der Waals surface area contributed by atoms with Gasteiger partial charge in [0.15, 0.2) is 0 Å². The molecule has 0 fully saturated rings. The number of aryl methyl sites for hydroxylation is 1. The molecule has 0 saturated carbocycles. The van der Waals surface area contributed by atoms with E-state index in [-0.39, 0.29) is 17.9 Å². The number of fused-ring (bicyclic) bond motifs is 1. The molecule has 1 aromatic carbocycles. The maximum atomic E-state index is 14.0. The molecule has 2 atom stereocenters. The van der Waals surface area contributed by atoms with Crippen molar-refractivity contribution >= 4 is 15.9 Å². The second kappa shape index (κ2) is 5.70. The molecular formula is C16H17BrFNO. The minimum Gasteiger partial charge on any atom is -0.469 e. The molecule has 1 aromatic heterocycles. The number of rotatable bonds is 3. The Morgan fingerprint density at radius 3 is 3.05 bits per heavy atom. The van der Waals surface area contributed by atoms with Crippen LogP contribution in [0, 0.1) is 5.82 Å². The minimum absolute atomic E-state index is 0.0334. The van der Waals surface area contributed by atoms with E-state index in [0.717, 1.165) is 29.5 Å². The molecule has 0 amide bonds. The molecular weight excluding hydrogens is 321 g/mol. The van der Waals surface area contributed by atoms with Gasteiger partial charge in [0.1, 0.15) is 11.6 Å². The Hall–Kier alpha value is -1.13. The Balaban J connectivity index is 1.79. The van der Waals surface area contributed by atoms with Gasteiger partial charge in [0.2, 0.25) is 0 Å². The maximum absolute atomic E-state index is 14.0. The van der Waals surface area contributed by atoms with Crippen LogP contribution in [0.3, 0.4) is 0 Å². The summed E-state index contributed by atoms with van der Waals surface area (Å²) in [5.41, 5.74) is 1.92. The summed E-state index contributed by atoms with van der Waals surface area (Å²) in [6.45, 7) is 2.00. The van der Waals surface area contributed by atoms with Crippen LogP contribution < -0.4 is 5.32 Å². The summed E-state index contributed by atoms with van der Waals surface area (Å²) in [4.78, 5) is 0. The van der Waals surface area contributed by atoms with E-state index < -0.39 is 0 Å². The Bertz CT molecular complexity index is 610. The van der Waals surface area contributed by atoms with Crippen LogP contribution >= 0.6 is 15.9 Å². The quantitative estimate of drug-likeness (QED) is 0.860. The van der Waals surface area contributed by atoms with Crippen LogP contribution in [0.5, 0.6) is 0 Å². The van der Waals surface area contributed by atoms with E-state index in [4.69, 9.17) is 4.42 Å². The van der Waals surface area contributed by atoms with Gasteiger partial charge in [0.25, 0.3) is 0 Å². The lowest BCUT2D eigenvalue weighted by atomic mass is 9.92.